The average Bonchev–Trinajstić information content (AvgIpc) is 2.37. The molecule has 0 aromatic carbocycles. The zero-order valence-corrected chi connectivity index (χ0v) is 10.6. The maximum atomic E-state index is 11.4. The van der Waals surface area contributed by atoms with Gasteiger partial charge in [0.05, 0.1) is 0 Å². The first-order valence-corrected chi connectivity index (χ1v) is 5.71. The van der Waals surface area contributed by atoms with Crippen LogP contribution in [0.15, 0.2) is 15.3 Å². The molecular formula is C13H12N2O4. The molecule has 2 heterocycles. The molecule has 6 heteroatoms. The van der Waals surface area contributed by atoms with Gasteiger partial charge in [-0.05, 0) is 18.9 Å². The molecule has 0 unspecified atom stereocenters. The van der Waals surface area contributed by atoms with E-state index >= 15 is 0 Å². The molecule has 0 atom stereocenters. The third-order valence-corrected chi connectivity index (χ3v) is 2.48. The molecular weight excluding hydrogens is 248 g/mol. The first-order valence-electron chi connectivity index (χ1n) is 5.71. The fourth-order valence-electron chi connectivity index (χ4n) is 1.62. The minimum Gasteiger partial charge on any atom is -0.493 e. The Kier molecular flexibility index (Phi) is 3.66. The Bertz CT molecular complexity index is 725. The molecule has 2 aromatic rings. The molecule has 1 N–H and O–H groups in total. The second kappa shape index (κ2) is 5.40. The number of aromatic nitrogens is 2. The van der Waals surface area contributed by atoms with Gasteiger partial charge in [-0.15, -0.1) is 5.92 Å². The van der Waals surface area contributed by atoms with Gasteiger partial charge in [-0.3, -0.25) is 0 Å². The van der Waals surface area contributed by atoms with Gasteiger partial charge in [0, 0.05) is 6.07 Å². The maximum absolute atomic E-state index is 11.4. The van der Waals surface area contributed by atoms with Crippen molar-refractivity contribution >= 4 is 11.1 Å². The molecule has 0 radical (unpaired) electrons. The van der Waals surface area contributed by atoms with E-state index in [2.05, 4.69) is 21.8 Å². The van der Waals surface area contributed by atoms with E-state index in [-0.39, 0.29) is 24.2 Å². The number of nitrogens with zero attached hydrogens (tertiary/aromatic N) is 2. The van der Waals surface area contributed by atoms with Crippen LogP contribution < -0.4 is 10.4 Å². The molecule has 19 heavy (non-hydrogen) atoms. The lowest BCUT2D eigenvalue weighted by Crippen LogP contribution is -2.04. The van der Waals surface area contributed by atoms with Crippen molar-refractivity contribution < 1.29 is 14.3 Å². The highest BCUT2D eigenvalue weighted by molar-refractivity contribution is 5.82. The van der Waals surface area contributed by atoms with Crippen LogP contribution >= 0.6 is 0 Å². The van der Waals surface area contributed by atoms with Crippen LogP contribution in [0.25, 0.3) is 11.1 Å². The van der Waals surface area contributed by atoms with Gasteiger partial charge < -0.3 is 14.3 Å². The minimum absolute atomic E-state index is 0.0105. The molecule has 2 aromatic heterocycles. The van der Waals surface area contributed by atoms with E-state index in [4.69, 9.17) is 9.15 Å². The Morgan fingerprint density at radius 1 is 1.47 bits per heavy atom. The predicted molar refractivity (Wildman–Crippen MR) is 68.1 cm³/mol. The molecule has 0 aliphatic carbocycles. The fourth-order valence-corrected chi connectivity index (χ4v) is 1.62. The van der Waals surface area contributed by atoms with Crippen molar-refractivity contribution in [3.05, 3.63) is 22.0 Å². The molecule has 0 saturated heterocycles. The lowest BCUT2D eigenvalue weighted by Gasteiger charge is -2.05. The number of rotatable bonds is 3. The quantitative estimate of drug-likeness (QED) is 0.836. The number of fused-ring (bicyclic) bond motifs is 1. The van der Waals surface area contributed by atoms with Crippen molar-refractivity contribution in [2.24, 2.45) is 0 Å². The van der Waals surface area contributed by atoms with E-state index in [1.54, 1.807) is 6.92 Å². The Labute approximate surface area is 109 Å². The second-order valence-corrected chi connectivity index (χ2v) is 3.67. The fraction of sp³-hybridized carbons (Fsp3) is 0.308. The molecule has 6 nitrogen and oxygen atoms in total. The molecule has 98 valence electrons. The molecule has 2 rings (SSSR count). The van der Waals surface area contributed by atoms with Crippen molar-refractivity contribution in [2.45, 2.75) is 20.3 Å². The molecule has 0 spiro atoms. The molecule has 0 aliphatic rings. The smallest absolute Gasteiger partial charge is 0.337 e. The number of hydrogen-bond acceptors (Lipinski definition) is 6. The largest absolute Gasteiger partial charge is 0.493 e. The van der Waals surface area contributed by atoms with Crippen molar-refractivity contribution in [2.75, 3.05) is 6.61 Å². The summed E-state index contributed by atoms with van der Waals surface area (Å²) in [5.41, 5.74) is 0.113. The monoisotopic (exact) mass is 260 g/mol. The van der Waals surface area contributed by atoms with Crippen LogP contribution in [0.1, 0.15) is 19.4 Å². The van der Waals surface area contributed by atoms with Gasteiger partial charge in [-0.2, -0.15) is 9.97 Å². The summed E-state index contributed by atoms with van der Waals surface area (Å²) >= 11 is 0. The molecule has 0 amide bonds. The summed E-state index contributed by atoms with van der Waals surface area (Å²) in [5, 5.41) is 10.2. The van der Waals surface area contributed by atoms with E-state index in [0.29, 0.717) is 17.4 Å². The standard InChI is InChI=1S/C13H12N2O4/c1-3-5-6-18-13-14-11(17)10-8(4-2)7-9(16)19-12(10)15-13/h7H,4,6H2,1-2H3,(H,14,15,17). The lowest BCUT2D eigenvalue weighted by molar-refractivity contribution is 0.329. The minimum atomic E-state index is -0.526. The summed E-state index contributed by atoms with van der Waals surface area (Å²) in [6.07, 6.45) is 0.556. The van der Waals surface area contributed by atoms with E-state index in [1.807, 2.05) is 6.92 Å². The molecule has 0 saturated carbocycles. The number of aryl methyl sites for hydroxylation is 1. The first kappa shape index (κ1) is 12.9. The topological polar surface area (TPSA) is 85.5 Å². The van der Waals surface area contributed by atoms with Gasteiger partial charge in [0.2, 0.25) is 11.6 Å². The zero-order chi connectivity index (χ0) is 13.8. The van der Waals surface area contributed by atoms with Crippen LogP contribution in [0, 0.1) is 11.8 Å². The van der Waals surface area contributed by atoms with Crippen molar-refractivity contribution in [3.63, 3.8) is 0 Å². The zero-order valence-electron chi connectivity index (χ0n) is 10.6. The molecule has 0 aliphatic heterocycles. The predicted octanol–water partition coefficient (Wildman–Crippen LogP) is 1.25. The van der Waals surface area contributed by atoms with E-state index in [0.717, 1.165) is 0 Å². The second-order valence-electron chi connectivity index (χ2n) is 3.67. The highest BCUT2D eigenvalue weighted by Crippen LogP contribution is 2.26. The van der Waals surface area contributed by atoms with Crippen LogP contribution in [0.2, 0.25) is 0 Å². The van der Waals surface area contributed by atoms with Crippen molar-refractivity contribution in [3.8, 4) is 23.7 Å². The number of ether oxygens (including phenoxy) is 1. The summed E-state index contributed by atoms with van der Waals surface area (Å²) < 4.78 is 10.1. The highest BCUT2D eigenvalue weighted by Gasteiger charge is 2.14. The third kappa shape index (κ3) is 2.65. The Hall–Kier alpha value is -2.55. The van der Waals surface area contributed by atoms with Crippen LogP contribution in [0.5, 0.6) is 11.9 Å². The normalized spacial score (nSPS) is 10.0. The molecule has 0 bridgehead atoms. The van der Waals surface area contributed by atoms with Gasteiger partial charge in [-0.1, -0.05) is 12.8 Å². The third-order valence-electron chi connectivity index (χ3n) is 2.48. The van der Waals surface area contributed by atoms with E-state index in [1.165, 1.54) is 6.07 Å². The summed E-state index contributed by atoms with van der Waals surface area (Å²) in [6, 6.07) is 1.23. The Morgan fingerprint density at radius 3 is 2.95 bits per heavy atom. The number of hydrogen-bond donors (Lipinski definition) is 1. The van der Waals surface area contributed by atoms with E-state index in [9.17, 15) is 9.90 Å². The summed E-state index contributed by atoms with van der Waals surface area (Å²) in [6.45, 7) is 3.63. The van der Waals surface area contributed by atoms with Crippen LogP contribution in [-0.4, -0.2) is 21.7 Å². The van der Waals surface area contributed by atoms with Gasteiger partial charge in [0.25, 0.3) is 0 Å². The van der Waals surface area contributed by atoms with Crippen molar-refractivity contribution in [1.82, 2.24) is 9.97 Å². The first-order chi connectivity index (χ1) is 9.15. The Morgan fingerprint density at radius 2 is 2.26 bits per heavy atom. The summed E-state index contributed by atoms with van der Waals surface area (Å²) in [7, 11) is 0. The van der Waals surface area contributed by atoms with Crippen LogP contribution in [0.4, 0.5) is 0 Å². The average molecular weight is 260 g/mol. The van der Waals surface area contributed by atoms with Crippen LogP contribution in [-0.2, 0) is 6.42 Å². The van der Waals surface area contributed by atoms with Crippen molar-refractivity contribution in [1.29, 1.82) is 0 Å². The number of aromatic hydroxyl groups is 1. The highest BCUT2D eigenvalue weighted by atomic mass is 16.5. The Balaban J connectivity index is 2.55. The van der Waals surface area contributed by atoms with Gasteiger partial charge in [-0.25, -0.2) is 4.79 Å². The SMILES string of the molecule is CC#CCOc1nc(O)c2c(CC)cc(=O)oc2n1. The molecule has 0 fully saturated rings. The van der Waals surface area contributed by atoms with E-state index < -0.39 is 5.63 Å². The summed E-state index contributed by atoms with van der Waals surface area (Å²) in [5.74, 6) is 5.05. The van der Waals surface area contributed by atoms with Gasteiger partial charge in [0.1, 0.15) is 5.39 Å². The van der Waals surface area contributed by atoms with Gasteiger partial charge >= 0.3 is 11.6 Å². The van der Waals surface area contributed by atoms with Crippen LogP contribution in [0.3, 0.4) is 0 Å². The lowest BCUT2D eigenvalue weighted by atomic mass is 10.1. The summed E-state index contributed by atoms with van der Waals surface area (Å²) in [4.78, 5) is 19.1. The maximum Gasteiger partial charge on any atom is 0.337 e. The van der Waals surface area contributed by atoms with Gasteiger partial charge in [0.15, 0.2) is 6.61 Å².